The lowest BCUT2D eigenvalue weighted by molar-refractivity contribution is -0.137. The van der Waals surface area contributed by atoms with Crippen LogP contribution in [-0.2, 0) is 29.1 Å². The van der Waals surface area contributed by atoms with Crippen molar-refractivity contribution in [3.8, 4) is 16.9 Å². The predicted molar refractivity (Wildman–Crippen MR) is 203 cm³/mol. The number of likely N-dealkylation sites (tertiary alicyclic amines) is 1. The van der Waals surface area contributed by atoms with Crippen LogP contribution in [0.4, 0.5) is 9.18 Å². The minimum absolute atomic E-state index is 0.0387. The number of alkyl carbamates (subject to hydrolysis) is 1. The van der Waals surface area contributed by atoms with Crippen molar-refractivity contribution in [1.29, 1.82) is 0 Å². The van der Waals surface area contributed by atoms with Gasteiger partial charge in [-0.3, -0.25) is 9.69 Å². The molecule has 2 aliphatic rings. The van der Waals surface area contributed by atoms with E-state index in [0.29, 0.717) is 50.6 Å². The van der Waals surface area contributed by atoms with Gasteiger partial charge in [-0.25, -0.2) is 9.18 Å². The maximum absolute atomic E-state index is 14.8. The van der Waals surface area contributed by atoms with E-state index in [2.05, 4.69) is 39.4 Å². The molecule has 0 saturated carbocycles. The number of hydrogen-bond donors (Lipinski definition) is 1. The molecule has 1 N–H and O–H groups in total. The predicted octanol–water partition coefficient (Wildman–Crippen LogP) is 7.44. The molecule has 2 fully saturated rings. The zero-order valence-electron chi connectivity index (χ0n) is 29.8. The van der Waals surface area contributed by atoms with Gasteiger partial charge in [-0.2, -0.15) is 0 Å². The SMILES string of the molecule is CCOc1cccc(F)c1CN1CCN(C(=O)[C@H](NC(=O)OCc2ccccc2)C2CCN(CCc3cc(-c4ccccc4)ccc3Cl)CC2)CC1. The topological polar surface area (TPSA) is 74.3 Å². The van der Waals surface area contributed by atoms with E-state index in [1.807, 2.05) is 66.4 Å². The van der Waals surface area contributed by atoms with Crippen molar-refractivity contribution in [2.45, 2.75) is 45.4 Å². The molecule has 0 bridgehead atoms. The van der Waals surface area contributed by atoms with Gasteiger partial charge in [0.25, 0.3) is 0 Å². The first-order chi connectivity index (χ1) is 25.4. The summed E-state index contributed by atoms with van der Waals surface area (Å²) in [5.41, 5.74) is 4.83. The summed E-state index contributed by atoms with van der Waals surface area (Å²) < 4.78 is 26.0. The minimum Gasteiger partial charge on any atom is -0.493 e. The van der Waals surface area contributed by atoms with Crippen molar-refractivity contribution in [2.75, 3.05) is 52.4 Å². The maximum Gasteiger partial charge on any atom is 0.408 e. The Bertz CT molecular complexity index is 1760. The Hall–Kier alpha value is -4.44. The number of nitrogens with one attached hydrogen (secondary N) is 1. The van der Waals surface area contributed by atoms with E-state index in [1.54, 1.807) is 12.1 Å². The molecule has 4 aromatic carbocycles. The number of piperazine rings is 1. The highest BCUT2D eigenvalue weighted by Crippen LogP contribution is 2.28. The standard InChI is InChI=1S/C42H48ClFN4O4/c1-2-51-39-15-9-14-38(44)36(39)29-47-24-26-48(27-25-47)41(49)40(45-42(50)52-30-31-10-5-3-6-11-31)33-18-21-46(22-19-33)23-20-35-28-34(16-17-37(35)43)32-12-7-4-8-13-32/h3-17,28,33,40H,2,18-27,29-30H2,1H3,(H,45,50)/t40-/m1/s1. The lowest BCUT2D eigenvalue weighted by Gasteiger charge is -2.40. The van der Waals surface area contributed by atoms with Crippen LogP contribution in [0, 0.1) is 11.7 Å². The highest BCUT2D eigenvalue weighted by molar-refractivity contribution is 6.31. The molecule has 2 saturated heterocycles. The number of nitrogens with zero attached hydrogens (tertiary/aromatic N) is 3. The number of benzene rings is 4. The third-order valence-electron chi connectivity index (χ3n) is 10.1. The Morgan fingerprint density at radius 3 is 2.27 bits per heavy atom. The second-order valence-electron chi connectivity index (χ2n) is 13.5. The lowest BCUT2D eigenvalue weighted by Crippen LogP contribution is -2.58. The molecule has 6 rings (SSSR count). The van der Waals surface area contributed by atoms with Gasteiger partial charge in [-0.1, -0.05) is 84.4 Å². The number of piperidine rings is 1. The normalized spacial score (nSPS) is 16.3. The van der Waals surface area contributed by atoms with Crippen molar-refractivity contribution in [2.24, 2.45) is 5.92 Å². The summed E-state index contributed by atoms with van der Waals surface area (Å²) in [7, 11) is 0. The molecule has 0 spiro atoms. The molecule has 274 valence electrons. The molecule has 0 aromatic heterocycles. The highest BCUT2D eigenvalue weighted by Gasteiger charge is 2.37. The Morgan fingerprint density at radius 2 is 1.56 bits per heavy atom. The summed E-state index contributed by atoms with van der Waals surface area (Å²) in [5, 5.41) is 3.73. The molecule has 0 aliphatic carbocycles. The number of hydrogen-bond acceptors (Lipinski definition) is 6. The number of carbonyl (C=O) groups excluding carboxylic acids is 2. The summed E-state index contributed by atoms with van der Waals surface area (Å²) >= 11 is 6.63. The number of rotatable bonds is 13. The summed E-state index contributed by atoms with van der Waals surface area (Å²) in [6.45, 7) is 7.47. The van der Waals surface area contributed by atoms with Crippen molar-refractivity contribution in [3.05, 3.63) is 125 Å². The summed E-state index contributed by atoms with van der Waals surface area (Å²) in [6, 6.07) is 30.2. The van der Waals surface area contributed by atoms with E-state index in [-0.39, 0.29) is 24.2 Å². The molecule has 2 aliphatic heterocycles. The average Bonchev–Trinajstić information content (AvgIpc) is 3.18. The smallest absolute Gasteiger partial charge is 0.408 e. The van der Waals surface area contributed by atoms with Gasteiger partial charge in [-0.05, 0) is 91.7 Å². The van der Waals surface area contributed by atoms with Gasteiger partial charge in [0.1, 0.15) is 24.2 Å². The molecular formula is C42H48ClFN4O4. The van der Waals surface area contributed by atoms with E-state index in [1.165, 1.54) is 6.07 Å². The van der Waals surface area contributed by atoms with Crippen LogP contribution in [-0.4, -0.2) is 85.2 Å². The quantitative estimate of drug-likeness (QED) is 0.155. The third-order valence-corrected chi connectivity index (χ3v) is 10.5. The van der Waals surface area contributed by atoms with E-state index < -0.39 is 12.1 Å². The molecule has 4 aromatic rings. The van der Waals surface area contributed by atoms with Crippen molar-refractivity contribution >= 4 is 23.6 Å². The summed E-state index contributed by atoms with van der Waals surface area (Å²) in [4.78, 5) is 33.7. The monoisotopic (exact) mass is 726 g/mol. The number of halogens is 2. The van der Waals surface area contributed by atoms with Crippen LogP contribution in [0.3, 0.4) is 0 Å². The second-order valence-corrected chi connectivity index (χ2v) is 13.9. The maximum atomic E-state index is 14.8. The zero-order valence-corrected chi connectivity index (χ0v) is 30.6. The molecular weight excluding hydrogens is 679 g/mol. The van der Waals surface area contributed by atoms with Gasteiger partial charge in [0.2, 0.25) is 5.91 Å². The zero-order chi connectivity index (χ0) is 36.3. The molecule has 0 unspecified atom stereocenters. The van der Waals surface area contributed by atoms with Crippen molar-refractivity contribution in [1.82, 2.24) is 20.0 Å². The first-order valence-electron chi connectivity index (χ1n) is 18.3. The van der Waals surface area contributed by atoms with Gasteiger partial charge in [0.15, 0.2) is 0 Å². The number of amides is 2. The van der Waals surface area contributed by atoms with Crippen LogP contribution < -0.4 is 10.1 Å². The van der Waals surface area contributed by atoms with Crippen LogP contribution in [0.5, 0.6) is 5.75 Å². The van der Waals surface area contributed by atoms with Gasteiger partial charge in [0.05, 0.1) is 6.61 Å². The number of ether oxygens (including phenoxy) is 2. The van der Waals surface area contributed by atoms with Crippen LogP contribution in [0.2, 0.25) is 5.02 Å². The van der Waals surface area contributed by atoms with Crippen LogP contribution in [0.1, 0.15) is 36.5 Å². The Kier molecular flexibility index (Phi) is 13.2. The van der Waals surface area contributed by atoms with Crippen LogP contribution in [0.15, 0.2) is 97.1 Å². The molecule has 52 heavy (non-hydrogen) atoms. The Labute approximate surface area is 311 Å². The van der Waals surface area contributed by atoms with Crippen LogP contribution in [0.25, 0.3) is 11.1 Å². The fraction of sp³-hybridized carbons (Fsp3) is 0.381. The van der Waals surface area contributed by atoms with E-state index in [0.717, 1.165) is 66.2 Å². The molecule has 8 nitrogen and oxygen atoms in total. The van der Waals surface area contributed by atoms with Crippen molar-refractivity contribution in [3.63, 3.8) is 0 Å². The first kappa shape index (κ1) is 37.3. The van der Waals surface area contributed by atoms with E-state index in [4.69, 9.17) is 21.1 Å². The van der Waals surface area contributed by atoms with Gasteiger partial charge in [-0.15, -0.1) is 0 Å². The minimum atomic E-state index is -0.704. The third kappa shape index (κ3) is 9.91. The average molecular weight is 727 g/mol. The molecule has 0 radical (unpaired) electrons. The van der Waals surface area contributed by atoms with E-state index >= 15 is 0 Å². The lowest BCUT2D eigenvalue weighted by atomic mass is 9.88. The molecule has 2 amide bonds. The second kappa shape index (κ2) is 18.4. The Morgan fingerprint density at radius 1 is 0.846 bits per heavy atom. The van der Waals surface area contributed by atoms with Gasteiger partial charge < -0.3 is 24.6 Å². The highest BCUT2D eigenvalue weighted by atomic mass is 35.5. The molecule has 10 heteroatoms. The van der Waals surface area contributed by atoms with Gasteiger partial charge in [0, 0.05) is 49.9 Å². The van der Waals surface area contributed by atoms with Crippen LogP contribution >= 0.6 is 11.6 Å². The summed E-state index contributed by atoms with van der Waals surface area (Å²) in [5.74, 6) is 0.121. The fourth-order valence-corrected chi connectivity index (χ4v) is 7.38. The first-order valence-corrected chi connectivity index (χ1v) is 18.7. The largest absolute Gasteiger partial charge is 0.493 e. The Balaban J connectivity index is 1.07. The molecule has 2 heterocycles. The molecule has 1 atom stereocenters. The summed E-state index contributed by atoms with van der Waals surface area (Å²) in [6.07, 6.45) is 1.75. The van der Waals surface area contributed by atoms with E-state index in [9.17, 15) is 14.0 Å². The van der Waals surface area contributed by atoms with Gasteiger partial charge >= 0.3 is 6.09 Å². The fourth-order valence-electron chi connectivity index (χ4n) is 7.17. The number of carbonyl (C=O) groups is 2. The van der Waals surface area contributed by atoms with Crippen molar-refractivity contribution < 1.29 is 23.5 Å².